The topological polar surface area (TPSA) is 54.3 Å². The Kier molecular flexibility index (Phi) is 5.71. The summed E-state index contributed by atoms with van der Waals surface area (Å²) in [6.45, 7) is 5.79. The first-order chi connectivity index (χ1) is 15.2. The smallest absolute Gasteiger partial charge is 0.270 e. The van der Waals surface area contributed by atoms with E-state index in [4.69, 9.17) is 23.8 Å². The maximum absolute atomic E-state index is 13.3. The van der Waals surface area contributed by atoms with E-state index in [0.29, 0.717) is 16.3 Å². The number of hydrogen-bond acceptors (Lipinski definition) is 3. The summed E-state index contributed by atoms with van der Waals surface area (Å²) >= 11 is 11.5. The van der Waals surface area contributed by atoms with Gasteiger partial charge in [-0.15, -0.1) is 0 Å². The molecule has 2 aromatic carbocycles. The molecular formula is C24H19ClFN3O2S. The Labute approximate surface area is 195 Å². The molecule has 0 radical (unpaired) electrons. The number of anilines is 1. The third-order valence-corrected chi connectivity index (χ3v) is 6.13. The van der Waals surface area contributed by atoms with Gasteiger partial charge in [0, 0.05) is 22.1 Å². The highest BCUT2D eigenvalue weighted by molar-refractivity contribution is 7.80. The average molecular weight is 468 g/mol. The quantitative estimate of drug-likeness (QED) is 0.334. The number of nitrogens with one attached hydrogen (secondary N) is 1. The molecule has 0 spiro atoms. The second kappa shape index (κ2) is 8.33. The van der Waals surface area contributed by atoms with Crippen LogP contribution >= 0.6 is 23.8 Å². The summed E-state index contributed by atoms with van der Waals surface area (Å²) in [5, 5.41) is 3.14. The van der Waals surface area contributed by atoms with Crippen LogP contribution in [0.2, 0.25) is 5.02 Å². The van der Waals surface area contributed by atoms with Gasteiger partial charge >= 0.3 is 0 Å². The number of thiocarbonyl (C=S) groups is 1. The zero-order valence-corrected chi connectivity index (χ0v) is 19.1. The van der Waals surface area contributed by atoms with Crippen LogP contribution in [0.15, 0.2) is 54.1 Å². The molecule has 0 bridgehead atoms. The van der Waals surface area contributed by atoms with Gasteiger partial charge in [-0.1, -0.05) is 17.7 Å². The van der Waals surface area contributed by atoms with Crippen molar-refractivity contribution in [3.63, 3.8) is 0 Å². The van der Waals surface area contributed by atoms with Crippen molar-refractivity contribution in [1.29, 1.82) is 0 Å². The monoisotopic (exact) mass is 467 g/mol. The molecule has 1 fully saturated rings. The van der Waals surface area contributed by atoms with Crippen LogP contribution in [0, 0.1) is 26.6 Å². The highest BCUT2D eigenvalue weighted by Crippen LogP contribution is 2.29. The van der Waals surface area contributed by atoms with Crippen molar-refractivity contribution in [2.75, 3.05) is 4.90 Å². The number of carbonyl (C=O) groups is 2. The second-order valence-electron chi connectivity index (χ2n) is 7.48. The average Bonchev–Trinajstić information content (AvgIpc) is 3.01. The Bertz CT molecular complexity index is 1310. The first kappa shape index (κ1) is 21.9. The number of rotatable bonds is 3. The number of hydrogen-bond donors (Lipinski definition) is 1. The van der Waals surface area contributed by atoms with Crippen LogP contribution in [0.4, 0.5) is 10.1 Å². The highest BCUT2D eigenvalue weighted by atomic mass is 35.5. The van der Waals surface area contributed by atoms with Gasteiger partial charge in [0.05, 0.1) is 5.69 Å². The van der Waals surface area contributed by atoms with Crippen molar-refractivity contribution in [3.8, 4) is 5.69 Å². The molecule has 2 heterocycles. The van der Waals surface area contributed by atoms with Crippen LogP contribution < -0.4 is 10.2 Å². The first-order valence-corrected chi connectivity index (χ1v) is 10.6. The first-order valence-electron chi connectivity index (χ1n) is 9.80. The number of aromatic nitrogens is 1. The number of aryl methyl sites for hydroxylation is 1. The molecule has 0 saturated carbocycles. The fourth-order valence-electron chi connectivity index (χ4n) is 3.78. The van der Waals surface area contributed by atoms with E-state index in [2.05, 4.69) is 5.32 Å². The second-order valence-corrected chi connectivity index (χ2v) is 8.27. The fraction of sp³-hybridized carbons (Fsp3) is 0.125. The summed E-state index contributed by atoms with van der Waals surface area (Å²) in [4.78, 5) is 27.0. The lowest BCUT2D eigenvalue weighted by Crippen LogP contribution is -2.54. The molecule has 4 rings (SSSR count). The molecule has 1 aliphatic heterocycles. The van der Waals surface area contributed by atoms with E-state index in [-0.39, 0.29) is 10.7 Å². The van der Waals surface area contributed by atoms with Gasteiger partial charge in [0.25, 0.3) is 11.8 Å². The Balaban J connectivity index is 1.78. The summed E-state index contributed by atoms with van der Waals surface area (Å²) < 4.78 is 15.4. The minimum atomic E-state index is -0.581. The molecule has 1 N–H and O–H groups in total. The van der Waals surface area contributed by atoms with Crippen LogP contribution in [0.5, 0.6) is 0 Å². The van der Waals surface area contributed by atoms with Gasteiger partial charge in [-0.25, -0.2) is 4.39 Å². The van der Waals surface area contributed by atoms with Crippen LogP contribution in [0.25, 0.3) is 11.8 Å². The van der Waals surface area contributed by atoms with Gasteiger partial charge < -0.3 is 4.57 Å². The van der Waals surface area contributed by atoms with E-state index in [1.165, 1.54) is 29.2 Å². The predicted molar refractivity (Wildman–Crippen MR) is 128 cm³/mol. The van der Waals surface area contributed by atoms with Crippen molar-refractivity contribution in [3.05, 3.63) is 87.5 Å². The van der Waals surface area contributed by atoms with E-state index in [0.717, 1.165) is 22.6 Å². The zero-order valence-electron chi connectivity index (χ0n) is 17.6. The molecule has 32 heavy (non-hydrogen) atoms. The number of carbonyl (C=O) groups excluding carboxylic acids is 2. The van der Waals surface area contributed by atoms with Crippen molar-refractivity contribution < 1.29 is 14.0 Å². The van der Waals surface area contributed by atoms with Gasteiger partial charge in [-0.2, -0.15) is 0 Å². The van der Waals surface area contributed by atoms with Crippen LogP contribution in [-0.2, 0) is 9.59 Å². The van der Waals surface area contributed by atoms with E-state index in [1.54, 1.807) is 6.08 Å². The lowest BCUT2D eigenvalue weighted by Gasteiger charge is -2.28. The Morgan fingerprint density at radius 1 is 1.06 bits per heavy atom. The summed E-state index contributed by atoms with van der Waals surface area (Å²) in [5.41, 5.74) is 4.64. The van der Waals surface area contributed by atoms with E-state index >= 15 is 0 Å². The maximum atomic E-state index is 13.3. The van der Waals surface area contributed by atoms with E-state index < -0.39 is 17.6 Å². The largest absolute Gasteiger partial charge is 0.318 e. The normalized spacial score (nSPS) is 15.5. The Morgan fingerprint density at radius 3 is 2.44 bits per heavy atom. The van der Waals surface area contributed by atoms with Crippen molar-refractivity contribution in [2.45, 2.75) is 20.8 Å². The molecule has 162 valence electrons. The predicted octanol–water partition coefficient (Wildman–Crippen LogP) is 5.03. The lowest BCUT2D eigenvalue weighted by atomic mass is 10.1. The summed E-state index contributed by atoms with van der Waals surface area (Å²) in [6, 6.07) is 12.9. The summed E-state index contributed by atoms with van der Waals surface area (Å²) in [6.07, 6.45) is 1.55. The minimum Gasteiger partial charge on any atom is -0.318 e. The third kappa shape index (κ3) is 3.74. The van der Waals surface area contributed by atoms with Crippen molar-refractivity contribution >= 4 is 52.5 Å². The van der Waals surface area contributed by atoms with E-state index in [9.17, 15) is 14.0 Å². The number of benzene rings is 2. The van der Waals surface area contributed by atoms with Crippen LogP contribution in [0.3, 0.4) is 0 Å². The maximum Gasteiger partial charge on any atom is 0.270 e. The molecule has 1 saturated heterocycles. The van der Waals surface area contributed by atoms with Gasteiger partial charge in [0.1, 0.15) is 11.4 Å². The highest BCUT2D eigenvalue weighted by Gasteiger charge is 2.34. The Morgan fingerprint density at radius 2 is 1.75 bits per heavy atom. The molecule has 0 aliphatic carbocycles. The molecule has 0 atom stereocenters. The Hall–Kier alpha value is -3.29. The zero-order chi connectivity index (χ0) is 23.2. The molecule has 0 unspecified atom stereocenters. The van der Waals surface area contributed by atoms with Gasteiger partial charge in [-0.3, -0.25) is 19.8 Å². The van der Waals surface area contributed by atoms with Crippen molar-refractivity contribution in [1.82, 2.24) is 9.88 Å². The van der Waals surface area contributed by atoms with Crippen LogP contribution in [0.1, 0.15) is 22.5 Å². The summed E-state index contributed by atoms with van der Waals surface area (Å²) in [7, 11) is 0. The molecule has 2 amide bonds. The minimum absolute atomic E-state index is 0.0521. The van der Waals surface area contributed by atoms with E-state index in [1.807, 2.05) is 49.6 Å². The molecule has 1 aliphatic rings. The SMILES string of the molecule is Cc1c(Cl)cccc1-n1c(C)cc(C=C2C(=O)NC(=S)N(c3ccc(F)cc3)C2=O)c1C. The number of nitrogens with zero attached hydrogens (tertiary/aromatic N) is 2. The molecule has 3 aromatic rings. The fourth-order valence-corrected chi connectivity index (χ4v) is 4.23. The molecular weight excluding hydrogens is 449 g/mol. The lowest BCUT2D eigenvalue weighted by molar-refractivity contribution is -0.122. The van der Waals surface area contributed by atoms with Gasteiger partial charge in [-0.05, 0) is 92.7 Å². The number of halogens is 2. The summed E-state index contributed by atoms with van der Waals surface area (Å²) in [5.74, 6) is -1.59. The van der Waals surface area contributed by atoms with Crippen LogP contribution in [-0.4, -0.2) is 21.5 Å². The number of amides is 2. The standard InChI is InChI=1S/C24H19ClFN3O2S/c1-13-11-16(15(3)28(13)21-6-4-5-20(25)14(21)2)12-19-22(30)27-24(32)29(23(19)31)18-9-7-17(26)8-10-18/h4-12H,1-3H3,(H,27,30,32). The van der Waals surface area contributed by atoms with Gasteiger partial charge in [0.15, 0.2) is 5.11 Å². The third-order valence-electron chi connectivity index (χ3n) is 5.44. The van der Waals surface area contributed by atoms with Crippen molar-refractivity contribution in [2.24, 2.45) is 0 Å². The molecule has 1 aromatic heterocycles. The molecule has 8 heteroatoms. The molecule has 5 nitrogen and oxygen atoms in total. The van der Waals surface area contributed by atoms with Gasteiger partial charge in [0.2, 0.25) is 0 Å².